The van der Waals surface area contributed by atoms with Gasteiger partial charge in [-0.3, -0.25) is 0 Å². The molecular weight excluding hydrogens is 221 g/mol. The molecule has 0 fully saturated rings. The van der Waals surface area contributed by atoms with E-state index in [-0.39, 0.29) is 18.1 Å². The number of rotatable bonds is 7. The van der Waals surface area contributed by atoms with Crippen LogP contribution < -0.4 is 5.32 Å². The molecule has 0 heterocycles. The fraction of sp³-hybridized carbons (Fsp3) is 0.538. The number of methoxy groups -OCH3 is 2. The molecule has 4 heteroatoms. The van der Waals surface area contributed by atoms with E-state index in [0.29, 0.717) is 12.1 Å². The molecule has 0 radical (unpaired) electrons. The van der Waals surface area contributed by atoms with Crippen molar-refractivity contribution < 1.29 is 13.9 Å². The van der Waals surface area contributed by atoms with Gasteiger partial charge in [-0.2, -0.15) is 0 Å². The summed E-state index contributed by atoms with van der Waals surface area (Å²) in [6.07, 6.45) is 0.497. The van der Waals surface area contributed by atoms with Gasteiger partial charge in [0.1, 0.15) is 5.82 Å². The predicted octanol–water partition coefficient (Wildman–Crippen LogP) is 2.49. The molecule has 0 bridgehead atoms. The van der Waals surface area contributed by atoms with Gasteiger partial charge in [0.25, 0.3) is 0 Å². The van der Waals surface area contributed by atoms with Gasteiger partial charge in [0.05, 0.1) is 0 Å². The van der Waals surface area contributed by atoms with Crippen LogP contribution in [0.15, 0.2) is 24.3 Å². The molecular formula is C13H20FNO2. The van der Waals surface area contributed by atoms with Crippen LogP contribution >= 0.6 is 0 Å². The fourth-order valence-corrected chi connectivity index (χ4v) is 1.73. The van der Waals surface area contributed by atoms with Crippen molar-refractivity contribution in [2.75, 3.05) is 20.8 Å². The normalized spacial score (nSPS) is 13.0. The average Bonchev–Trinajstić information content (AvgIpc) is 2.36. The second kappa shape index (κ2) is 7.37. The van der Waals surface area contributed by atoms with Gasteiger partial charge < -0.3 is 14.8 Å². The van der Waals surface area contributed by atoms with Crippen LogP contribution in [0.4, 0.5) is 4.39 Å². The Hall–Kier alpha value is -0.970. The Labute approximate surface area is 102 Å². The fourth-order valence-electron chi connectivity index (χ4n) is 1.73. The van der Waals surface area contributed by atoms with Gasteiger partial charge in [-0.15, -0.1) is 0 Å². The summed E-state index contributed by atoms with van der Waals surface area (Å²) in [6, 6.07) is 6.78. The summed E-state index contributed by atoms with van der Waals surface area (Å²) in [4.78, 5) is 0. The minimum atomic E-state index is -0.309. The quantitative estimate of drug-likeness (QED) is 0.744. The van der Waals surface area contributed by atoms with Gasteiger partial charge in [-0.25, -0.2) is 4.39 Å². The largest absolute Gasteiger partial charge is 0.355 e. The van der Waals surface area contributed by atoms with Gasteiger partial charge in [0.15, 0.2) is 6.29 Å². The summed E-state index contributed by atoms with van der Waals surface area (Å²) in [5, 5.41) is 3.24. The van der Waals surface area contributed by atoms with Gasteiger partial charge in [0, 0.05) is 32.4 Å². The second-order valence-electron chi connectivity index (χ2n) is 3.79. The summed E-state index contributed by atoms with van der Waals surface area (Å²) < 4.78 is 23.8. The lowest BCUT2D eigenvalue weighted by Gasteiger charge is -2.21. The van der Waals surface area contributed by atoms with E-state index < -0.39 is 0 Å². The Balaban J connectivity index is 2.63. The van der Waals surface area contributed by atoms with Crippen LogP contribution in [-0.4, -0.2) is 27.1 Å². The van der Waals surface area contributed by atoms with E-state index in [1.54, 1.807) is 26.4 Å². The molecule has 1 aromatic carbocycles. The molecule has 1 aromatic rings. The van der Waals surface area contributed by atoms with E-state index in [4.69, 9.17) is 9.47 Å². The van der Waals surface area contributed by atoms with Crippen molar-refractivity contribution in [3.63, 3.8) is 0 Å². The van der Waals surface area contributed by atoms with Crippen molar-refractivity contribution >= 4 is 0 Å². The van der Waals surface area contributed by atoms with Crippen LogP contribution in [0.2, 0.25) is 0 Å². The smallest absolute Gasteiger partial charge is 0.169 e. The van der Waals surface area contributed by atoms with E-state index in [1.165, 1.54) is 6.07 Å². The van der Waals surface area contributed by atoms with E-state index >= 15 is 0 Å². The lowest BCUT2D eigenvalue weighted by atomic mass is 10.0. The molecule has 1 atom stereocenters. The summed E-state index contributed by atoms with van der Waals surface area (Å²) in [7, 11) is 3.17. The van der Waals surface area contributed by atoms with Crippen molar-refractivity contribution in [3.05, 3.63) is 35.6 Å². The molecule has 1 N–H and O–H groups in total. The molecule has 0 aromatic heterocycles. The number of benzene rings is 1. The molecule has 0 saturated carbocycles. The molecule has 1 rings (SSSR count). The second-order valence-corrected chi connectivity index (χ2v) is 3.79. The third-order valence-electron chi connectivity index (χ3n) is 2.75. The number of nitrogens with one attached hydrogen (secondary N) is 1. The standard InChI is InChI=1S/C13H20FNO2/c1-4-12(15-9-13(16-2)17-3)10-7-5-6-8-11(10)14/h5-8,12-13,15H,4,9H2,1-3H3. The van der Waals surface area contributed by atoms with Gasteiger partial charge in [-0.05, 0) is 12.5 Å². The SMILES string of the molecule is CCC(NCC(OC)OC)c1ccccc1F. The number of hydrogen-bond acceptors (Lipinski definition) is 3. The summed E-state index contributed by atoms with van der Waals surface area (Å²) >= 11 is 0. The minimum absolute atomic E-state index is 0.0241. The van der Waals surface area contributed by atoms with Crippen molar-refractivity contribution in [1.82, 2.24) is 5.32 Å². The first-order chi connectivity index (χ1) is 8.22. The van der Waals surface area contributed by atoms with Crippen LogP contribution in [0.1, 0.15) is 24.9 Å². The highest BCUT2D eigenvalue weighted by Gasteiger charge is 2.14. The molecule has 0 saturated heterocycles. The van der Waals surface area contributed by atoms with E-state index in [2.05, 4.69) is 5.32 Å². The zero-order valence-corrected chi connectivity index (χ0v) is 10.6. The van der Waals surface area contributed by atoms with Gasteiger partial charge in [-0.1, -0.05) is 25.1 Å². The van der Waals surface area contributed by atoms with E-state index in [1.807, 2.05) is 13.0 Å². The predicted molar refractivity (Wildman–Crippen MR) is 65.2 cm³/mol. The monoisotopic (exact) mass is 241 g/mol. The van der Waals surface area contributed by atoms with Crippen molar-refractivity contribution in [3.8, 4) is 0 Å². The van der Waals surface area contributed by atoms with Crippen LogP contribution in [0, 0.1) is 5.82 Å². The number of hydrogen-bond donors (Lipinski definition) is 1. The zero-order valence-electron chi connectivity index (χ0n) is 10.6. The first-order valence-corrected chi connectivity index (χ1v) is 5.76. The zero-order chi connectivity index (χ0) is 12.7. The maximum atomic E-state index is 13.6. The van der Waals surface area contributed by atoms with Crippen LogP contribution in [0.25, 0.3) is 0 Å². The number of halogens is 1. The molecule has 0 amide bonds. The topological polar surface area (TPSA) is 30.5 Å². The van der Waals surface area contributed by atoms with E-state index in [9.17, 15) is 4.39 Å². The molecule has 1 unspecified atom stereocenters. The Morgan fingerprint density at radius 1 is 1.24 bits per heavy atom. The van der Waals surface area contributed by atoms with Crippen LogP contribution in [0.3, 0.4) is 0 Å². The Kier molecular flexibility index (Phi) is 6.11. The lowest BCUT2D eigenvalue weighted by molar-refractivity contribution is -0.1000. The third-order valence-corrected chi connectivity index (χ3v) is 2.75. The molecule has 0 aliphatic carbocycles. The highest BCUT2D eigenvalue weighted by molar-refractivity contribution is 5.21. The number of ether oxygens (including phenoxy) is 2. The summed E-state index contributed by atoms with van der Waals surface area (Å²) in [5.74, 6) is -0.182. The summed E-state index contributed by atoms with van der Waals surface area (Å²) in [5.41, 5.74) is 0.681. The molecule has 0 spiro atoms. The highest BCUT2D eigenvalue weighted by Crippen LogP contribution is 2.19. The van der Waals surface area contributed by atoms with Crippen molar-refractivity contribution in [2.24, 2.45) is 0 Å². The maximum absolute atomic E-state index is 13.6. The average molecular weight is 241 g/mol. The first kappa shape index (κ1) is 14.1. The Morgan fingerprint density at radius 3 is 2.41 bits per heavy atom. The van der Waals surface area contributed by atoms with Crippen LogP contribution in [-0.2, 0) is 9.47 Å². The van der Waals surface area contributed by atoms with E-state index in [0.717, 1.165) is 6.42 Å². The van der Waals surface area contributed by atoms with Crippen LogP contribution in [0.5, 0.6) is 0 Å². The minimum Gasteiger partial charge on any atom is -0.355 e. The van der Waals surface area contributed by atoms with Crippen molar-refractivity contribution in [1.29, 1.82) is 0 Å². The Morgan fingerprint density at radius 2 is 1.88 bits per heavy atom. The molecule has 17 heavy (non-hydrogen) atoms. The molecule has 3 nitrogen and oxygen atoms in total. The summed E-state index contributed by atoms with van der Waals surface area (Å²) in [6.45, 7) is 2.54. The van der Waals surface area contributed by atoms with Crippen molar-refractivity contribution in [2.45, 2.75) is 25.7 Å². The lowest BCUT2D eigenvalue weighted by Crippen LogP contribution is -2.32. The third kappa shape index (κ3) is 4.07. The Bertz CT molecular complexity index is 329. The van der Waals surface area contributed by atoms with Gasteiger partial charge in [0.2, 0.25) is 0 Å². The first-order valence-electron chi connectivity index (χ1n) is 5.76. The maximum Gasteiger partial charge on any atom is 0.169 e. The molecule has 96 valence electrons. The molecule has 0 aliphatic heterocycles. The van der Waals surface area contributed by atoms with Gasteiger partial charge >= 0.3 is 0 Å². The highest BCUT2D eigenvalue weighted by atomic mass is 19.1. The molecule has 0 aliphatic rings.